The second-order valence-corrected chi connectivity index (χ2v) is 5.14. The van der Waals surface area contributed by atoms with Crippen LogP contribution in [0.4, 0.5) is 18.9 Å². The molecule has 0 amide bonds. The van der Waals surface area contributed by atoms with Gasteiger partial charge in [-0.1, -0.05) is 30.3 Å². The van der Waals surface area contributed by atoms with E-state index in [0.29, 0.717) is 11.1 Å². The Hall–Kier alpha value is -3.03. The van der Waals surface area contributed by atoms with Gasteiger partial charge in [0.05, 0.1) is 4.92 Å². The summed E-state index contributed by atoms with van der Waals surface area (Å²) in [6, 6.07) is 13.2. The summed E-state index contributed by atoms with van der Waals surface area (Å²) in [4.78, 5) is 10.1. The monoisotopic (exact) mass is 333 g/mol. The smallest absolute Gasteiger partial charge is 0.258 e. The van der Waals surface area contributed by atoms with E-state index in [1.807, 2.05) is 0 Å². The number of hydrogen-bond donors (Lipinski definition) is 0. The van der Waals surface area contributed by atoms with Gasteiger partial charge >= 0.3 is 11.8 Å². The van der Waals surface area contributed by atoms with Crippen LogP contribution in [0.25, 0.3) is 11.6 Å². The first kappa shape index (κ1) is 15.9. The van der Waals surface area contributed by atoms with Crippen molar-refractivity contribution in [1.29, 1.82) is 0 Å². The van der Waals surface area contributed by atoms with E-state index in [0.717, 1.165) is 0 Å². The van der Waals surface area contributed by atoms with Gasteiger partial charge in [0, 0.05) is 17.7 Å². The van der Waals surface area contributed by atoms with E-state index in [-0.39, 0.29) is 11.3 Å². The first-order valence-corrected chi connectivity index (χ1v) is 6.86. The van der Waals surface area contributed by atoms with Crippen molar-refractivity contribution in [3.8, 4) is 0 Å². The van der Waals surface area contributed by atoms with Crippen LogP contribution in [0.15, 0.2) is 64.8 Å². The Labute approximate surface area is 134 Å². The third-order valence-electron chi connectivity index (χ3n) is 3.57. The average Bonchev–Trinajstić information content (AvgIpc) is 3.35. The van der Waals surface area contributed by atoms with E-state index in [2.05, 4.69) is 10.2 Å². The van der Waals surface area contributed by atoms with Crippen molar-refractivity contribution in [2.45, 2.75) is 11.8 Å². The predicted molar refractivity (Wildman–Crippen MR) is 81.1 cm³/mol. The molecule has 0 unspecified atom stereocenters. The molecule has 0 aromatic heterocycles. The Morgan fingerprint density at radius 1 is 1.04 bits per heavy atom. The van der Waals surface area contributed by atoms with Gasteiger partial charge in [-0.3, -0.25) is 10.1 Å². The molecule has 2 aromatic carbocycles. The highest BCUT2D eigenvalue weighted by atomic mass is 19.4. The third-order valence-corrected chi connectivity index (χ3v) is 3.57. The van der Waals surface area contributed by atoms with Crippen LogP contribution in [-0.2, 0) is 0 Å². The first-order chi connectivity index (χ1) is 11.3. The minimum Gasteiger partial charge on any atom is -0.258 e. The predicted octanol–water partition coefficient (Wildman–Crippen LogP) is 4.86. The number of halogens is 3. The molecular formula is C16H10F3N3O2. The summed E-state index contributed by atoms with van der Waals surface area (Å²) in [5, 5.41) is 17.2. The van der Waals surface area contributed by atoms with Crippen molar-refractivity contribution < 1.29 is 18.1 Å². The standard InChI is InChI=1S/C16H10F3N3O2/c17-16(18,19)15(20-21-15)14(12-4-2-1-3-5-12)10-11-6-8-13(9-7-11)22(23)24/h1-10H. The summed E-state index contributed by atoms with van der Waals surface area (Å²) in [6.45, 7) is 0. The molecule has 0 spiro atoms. The van der Waals surface area contributed by atoms with Gasteiger partial charge in [0.15, 0.2) is 0 Å². The second kappa shape index (κ2) is 5.55. The van der Waals surface area contributed by atoms with Crippen LogP contribution >= 0.6 is 0 Å². The topological polar surface area (TPSA) is 67.9 Å². The van der Waals surface area contributed by atoms with Gasteiger partial charge < -0.3 is 0 Å². The van der Waals surface area contributed by atoms with Crippen LogP contribution in [0.5, 0.6) is 0 Å². The normalized spacial score (nSPS) is 16.0. The van der Waals surface area contributed by atoms with E-state index in [9.17, 15) is 23.3 Å². The Morgan fingerprint density at radius 3 is 2.08 bits per heavy atom. The lowest BCUT2D eigenvalue weighted by Gasteiger charge is -2.18. The Bertz CT molecular complexity index is 822. The van der Waals surface area contributed by atoms with Crippen LogP contribution < -0.4 is 0 Å². The molecule has 0 aliphatic carbocycles. The molecule has 0 N–H and O–H groups in total. The third kappa shape index (κ3) is 2.78. The lowest BCUT2D eigenvalue weighted by molar-refractivity contribution is -0.384. The second-order valence-electron chi connectivity index (χ2n) is 5.14. The van der Waals surface area contributed by atoms with Gasteiger partial charge in [-0.25, -0.2) is 0 Å². The lowest BCUT2D eigenvalue weighted by Crippen LogP contribution is -2.33. The number of alkyl halides is 3. The number of rotatable bonds is 4. The number of nitro groups is 1. The molecule has 0 saturated carbocycles. The van der Waals surface area contributed by atoms with Crippen LogP contribution in [0, 0.1) is 10.1 Å². The summed E-state index contributed by atoms with van der Waals surface area (Å²) >= 11 is 0. The fourth-order valence-corrected chi connectivity index (χ4v) is 2.29. The first-order valence-electron chi connectivity index (χ1n) is 6.86. The minimum atomic E-state index is -4.66. The Balaban J connectivity index is 2.07. The van der Waals surface area contributed by atoms with Gasteiger partial charge in [0.25, 0.3) is 5.69 Å². The average molecular weight is 333 g/mol. The number of nitrogens with zero attached hydrogens (tertiary/aromatic N) is 3. The largest absolute Gasteiger partial charge is 0.442 e. The maximum Gasteiger partial charge on any atom is 0.442 e. The van der Waals surface area contributed by atoms with Crippen molar-refractivity contribution in [3.63, 3.8) is 0 Å². The highest BCUT2D eigenvalue weighted by Crippen LogP contribution is 2.53. The molecule has 8 heteroatoms. The van der Waals surface area contributed by atoms with E-state index in [1.54, 1.807) is 18.2 Å². The highest BCUT2D eigenvalue weighted by molar-refractivity contribution is 5.88. The quantitative estimate of drug-likeness (QED) is 0.455. The molecule has 2 aromatic rings. The van der Waals surface area contributed by atoms with Crippen molar-refractivity contribution in [2.24, 2.45) is 10.2 Å². The van der Waals surface area contributed by atoms with Crippen LogP contribution in [0.1, 0.15) is 11.1 Å². The zero-order valence-electron chi connectivity index (χ0n) is 12.1. The van der Waals surface area contributed by atoms with Crippen LogP contribution in [0.2, 0.25) is 0 Å². The molecule has 0 atom stereocenters. The molecule has 122 valence electrons. The number of benzene rings is 2. The molecule has 5 nitrogen and oxygen atoms in total. The molecule has 0 fully saturated rings. The number of nitro benzene ring substituents is 1. The Kier molecular flexibility index (Phi) is 3.67. The summed E-state index contributed by atoms with van der Waals surface area (Å²) in [6.07, 6.45) is -3.36. The van der Waals surface area contributed by atoms with E-state index >= 15 is 0 Å². The lowest BCUT2D eigenvalue weighted by atomic mass is 9.93. The van der Waals surface area contributed by atoms with Crippen molar-refractivity contribution >= 4 is 17.3 Å². The molecule has 0 radical (unpaired) electrons. The molecule has 24 heavy (non-hydrogen) atoms. The van der Waals surface area contributed by atoms with Crippen LogP contribution in [-0.4, -0.2) is 16.8 Å². The minimum absolute atomic E-state index is 0.121. The maximum absolute atomic E-state index is 13.4. The molecule has 3 rings (SSSR count). The number of hydrogen-bond acceptors (Lipinski definition) is 4. The molecule has 1 aliphatic heterocycles. The van der Waals surface area contributed by atoms with Gasteiger partial charge in [0.2, 0.25) is 0 Å². The van der Waals surface area contributed by atoms with E-state index in [1.165, 1.54) is 42.5 Å². The van der Waals surface area contributed by atoms with Crippen molar-refractivity contribution in [2.75, 3.05) is 0 Å². The van der Waals surface area contributed by atoms with Gasteiger partial charge in [-0.2, -0.15) is 13.2 Å². The molecule has 1 aliphatic rings. The summed E-state index contributed by atoms with van der Waals surface area (Å²) in [5.41, 5.74) is -2.11. The fraction of sp³-hybridized carbons (Fsp3) is 0.125. The molecule has 0 bridgehead atoms. The van der Waals surface area contributed by atoms with Gasteiger partial charge in [-0.05, 0) is 29.3 Å². The molecule has 0 saturated heterocycles. The van der Waals surface area contributed by atoms with Crippen molar-refractivity contribution in [3.05, 3.63) is 75.8 Å². The fourth-order valence-electron chi connectivity index (χ4n) is 2.29. The maximum atomic E-state index is 13.4. The SMILES string of the molecule is O=[N+]([O-])c1ccc(C=C(c2ccccc2)C2(C(F)(F)F)N=N2)cc1. The zero-order chi connectivity index (χ0) is 17.4. The van der Waals surface area contributed by atoms with E-state index in [4.69, 9.17) is 0 Å². The van der Waals surface area contributed by atoms with Crippen LogP contribution in [0.3, 0.4) is 0 Å². The Morgan fingerprint density at radius 2 is 1.62 bits per heavy atom. The molecule has 1 heterocycles. The number of non-ortho nitro benzene ring substituents is 1. The van der Waals surface area contributed by atoms with Gasteiger partial charge in [-0.15, -0.1) is 10.2 Å². The summed E-state index contributed by atoms with van der Waals surface area (Å²) < 4.78 is 40.2. The molecular weight excluding hydrogens is 323 g/mol. The summed E-state index contributed by atoms with van der Waals surface area (Å²) in [5.74, 6) is 0. The van der Waals surface area contributed by atoms with Gasteiger partial charge in [0.1, 0.15) is 0 Å². The van der Waals surface area contributed by atoms with Crippen molar-refractivity contribution in [1.82, 2.24) is 0 Å². The zero-order valence-corrected chi connectivity index (χ0v) is 12.1. The summed E-state index contributed by atoms with van der Waals surface area (Å²) in [7, 11) is 0. The van der Waals surface area contributed by atoms with E-state index < -0.39 is 16.8 Å². The highest BCUT2D eigenvalue weighted by Gasteiger charge is 2.66.